The van der Waals surface area contributed by atoms with Crippen molar-refractivity contribution in [1.29, 1.82) is 0 Å². The van der Waals surface area contributed by atoms with Crippen LogP contribution in [0.2, 0.25) is 0 Å². The van der Waals surface area contributed by atoms with Crippen molar-refractivity contribution in [1.82, 2.24) is 20.4 Å². The number of carbonyl (C=O) groups is 1. The fourth-order valence-corrected chi connectivity index (χ4v) is 2.43. The van der Waals surface area contributed by atoms with Gasteiger partial charge in [-0.1, -0.05) is 5.16 Å². The molecule has 9 heteroatoms. The minimum atomic E-state index is -0.513. The van der Waals surface area contributed by atoms with Crippen LogP contribution in [0.25, 0.3) is 11.5 Å². The second-order valence-corrected chi connectivity index (χ2v) is 5.44. The molecule has 0 radical (unpaired) electrons. The predicted octanol–water partition coefficient (Wildman–Crippen LogP) is 0.599. The summed E-state index contributed by atoms with van der Waals surface area (Å²) in [5.41, 5.74) is 5.83. The molecule has 24 heavy (non-hydrogen) atoms. The molecular weight excluding hydrogens is 334 g/mol. The number of piperazine rings is 1. The molecular formula is C15H20ClN5O3. The number of halogens is 1. The second kappa shape index (κ2) is 8.09. The summed E-state index contributed by atoms with van der Waals surface area (Å²) in [6.07, 6.45) is 0. The Bertz CT molecular complexity index is 676. The number of hydrogen-bond donors (Lipinski definition) is 2. The lowest BCUT2D eigenvalue weighted by atomic mass is 10.2. The van der Waals surface area contributed by atoms with E-state index in [1.165, 1.54) is 0 Å². The first-order valence-corrected chi connectivity index (χ1v) is 7.39. The van der Waals surface area contributed by atoms with E-state index in [0.717, 1.165) is 25.2 Å². The Morgan fingerprint density at radius 1 is 1.46 bits per heavy atom. The van der Waals surface area contributed by atoms with Gasteiger partial charge in [0, 0.05) is 25.2 Å². The molecule has 0 saturated carbocycles. The van der Waals surface area contributed by atoms with E-state index < -0.39 is 5.91 Å². The Labute approximate surface area is 145 Å². The van der Waals surface area contributed by atoms with Crippen molar-refractivity contribution >= 4 is 18.3 Å². The summed E-state index contributed by atoms with van der Waals surface area (Å²) in [5.74, 6) is 1.17. The molecule has 1 amide bonds. The zero-order chi connectivity index (χ0) is 16.2. The summed E-state index contributed by atoms with van der Waals surface area (Å²) >= 11 is 0. The van der Waals surface area contributed by atoms with Crippen LogP contribution in [0.4, 0.5) is 0 Å². The monoisotopic (exact) mass is 353 g/mol. The van der Waals surface area contributed by atoms with Crippen LogP contribution in [0.1, 0.15) is 11.9 Å². The molecule has 1 aromatic heterocycles. The summed E-state index contributed by atoms with van der Waals surface area (Å²) in [7, 11) is 2.05. The number of amides is 1. The molecule has 3 rings (SSSR count). The minimum absolute atomic E-state index is 0. The summed E-state index contributed by atoms with van der Waals surface area (Å²) < 4.78 is 10.6. The van der Waals surface area contributed by atoms with Gasteiger partial charge in [-0.05, 0) is 31.3 Å². The van der Waals surface area contributed by atoms with Gasteiger partial charge in [0.05, 0.1) is 6.04 Å². The summed E-state index contributed by atoms with van der Waals surface area (Å²) in [6, 6.07) is 7.18. The maximum Gasteiger partial charge on any atom is 0.257 e. The van der Waals surface area contributed by atoms with Gasteiger partial charge in [0.25, 0.3) is 11.8 Å². The van der Waals surface area contributed by atoms with Gasteiger partial charge in [0.15, 0.2) is 12.4 Å². The van der Waals surface area contributed by atoms with E-state index in [9.17, 15) is 4.79 Å². The van der Waals surface area contributed by atoms with E-state index in [2.05, 4.69) is 20.4 Å². The summed E-state index contributed by atoms with van der Waals surface area (Å²) in [5, 5.41) is 7.41. The smallest absolute Gasteiger partial charge is 0.257 e. The lowest BCUT2D eigenvalue weighted by molar-refractivity contribution is -0.119. The number of carbonyl (C=O) groups excluding carboxylic acids is 1. The van der Waals surface area contributed by atoms with Crippen molar-refractivity contribution in [2.24, 2.45) is 5.73 Å². The van der Waals surface area contributed by atoms with Crippen molar-refractivity contribution in [2.75, 3.05) is 33.3 Å². The van der Waals surface area contributed by atoms with Crippen LogP contribution in [0, 0.1) is 0 Å². The Hall–Kier alpha value is -2.16. The Morgan fingerprint density at radius 2 is 2.21 bits per heavy atom. The Morgan fingerprint density at radius 3 is 2.88 bits per heavy atom. The second-order valence-electron chi connectivity index (χ2n) is 5.44. The van der Waals surface area contributed by atoms with Crippen LogP contribution in [0.5, 0.6) is 5.75 Å². The molecule has 1 saturated heterocycles. The zero-order valence-corrected chi connectivity index (χ0v) is 14.1. The van der Waals surface area contributed by atoms with Gasteiger partial charge >= 0.3 is 0 Å². The van der Waals surface area contributed by atoms with E-state index in [1.807, 2.05) is 7.05 Å². The molecule has 1 aliphatic rings. The van der Waals surface area contributed by atoms with E-state index in [-0.39, 0.29) is 25.1 Å². The van der Waals surface area contributed by atoms with Gasteiger partial charge in [-0.15, -0.1) is 12.4 Å². The Balaban J connectivity index is 0.00000208. The quantitative estimate of drug-likeness (QED) is 0.810. The average molecular weight is 354 g/mol. The first-order valence-electron chi connectivity index (χ1n) is 7.39. The molecule has 1 aromatic carbocycles. The summed E-state index contributed by atoms with van der Waals surface area (Å²) in [6.45, 7) is 2.56. The van der Waals surface area contributed by atoms with Gasteiger partial charge in [0.2, 0.25) is 0 Å². The number of benzene rings is 1. The topological polar surface area (TPSA) is 107 Å². The number of nitrogens with two attached hydrogens (primary N) is 1. The van der Waals surface area contributed by atoms with Gasteiger partial charge in [0.1, 0.15) is 5.75 Å². The standard InChI is InChI=1S/C15H19N5O3.ClH/c1-20-7-6-17-8-12(20)14-18-15(23-19-14)10-2-4-11(5-3-10)22-9-13(16)21;/h2-5,12,17H,6-9H2,1H3,(H2,16,21);1H. The molecule has 2 heterocycles. The van der Waals surface area contributed by atoms with E-state index in [4.69, 9.17) is 15.0 Å². The third-order valence-electron chi connectivity index (χ3n) is 3.73. The summed E-state index contributed by atoms with van der Waals surface area (Å²) in [4.78, 5) is 17.4. The molecule has 0 aliphatic carbocycles. The number of ether oxygens (including phenoxy) is 1. The molecule has 3 N–H and O–H groups in total. The predicted molar refractivity (Wildman–Crippen MR) is 89.9 cm³/mol. The number of aromatic nitrogens is 2. The van der Waals surface area contributed by atoms with Crippen molar-refractivity contribution in [3.05, 3.63) is 30.1 Å². The average Bonchev–Trinajstić information content (AvgIpc) is 3.03. The molecule has 1 aliphatic heterocycles. The first-order chi connectivity index (χ1) is 11.1. The van der Waals surface area contributed by atoms with Crippen molar-refractivity contribution in [3.8, 4) is 17.2 Å². The highest BCUT2D eigenvalue weighted by molar-refractivity contribution is 5.85. The molecule has 2 aromatic rings. The van der Waals surface area contributed by atoms with Crippen LogP contribution in [-0.4, -0.2) is 54.2 Å². The molecule has 0 bridgehead atoms. The number of hydrogen-bond acceptors (Lipinski definition) is 7. The lowest BCUT2D eigenvalue weighted by Crippen LogP contribution is -2.44. The van der Waals surface area contributed by atoms with Gasteiger partial charge in [-0.2, -0.15) is 4.98 Å². The van der Waals surface area contributed by atoms with Crippen LogP contribution in [0.15, 0.2) is 28.8 Å². The number of primary amides is 1. The largest absolute Gasteiger partial charge is 0.484 e. The van der Waals surface area contributed by atoms with Gasteiger partial charge in [-0.3, -0.25) is 9.69 Å². The van der Waals surface area contributed by atoms with E-state index in [1.54, 1.807) is 24.3 Å². The number of rotatable bonds is 5. The molecule has 130 valence electrons. The lowest BCUT2D eigenvalue weighted by Gasteiger charge is -2.30. The molecule has 1 unspecified atom stereocenters. The number of nitrogens with zero attached hydrogens (tertiary/aromatic N) is 3. The first kappa shape index (κ1) is 18.2. The third kappa shape index (κ3) is 4.22. The molecule has 1 atom stereocenters. The molecule has 1 fully saturated rings. The van der Waals surface area contributed by atoms with Gasteiger partial charge < -0.3 is 20.3 Å². The van der Waals surface area contributed by atoms with Gasteiger partial charge in [-0.25, -0.2) is 0 Å². The highest BCUT2D eigenvalue weighted by Gasteiger charge is 2.25. The van der Waals surface area contributed by atoms with E-state index in [0.29, 0.717) is 17.5 Å². The number of likely N-dealkylation sites (N-methyl/N-ethyl adjacent to an activating group) is 1. The molecule has 0 spiro atoms. The minimum Gasteiger partial charge on any atom is -0.484 e. The maximum absolute atomic E-state index is 10.7. The van der Waals surface area contributed by atoms with Crippen LogP contribution in [0.3, 0.4) is 0 Å². The SMILES string of the molecule is CN1CCNCC1c1noc(-c2ccc(OCC(N)=O)cc2)n1.Cl. The highest BCUT2D eigenvalue weighted by atomic mass is 35.5. The third-order valence-corrected chi connectivity index (χ3v) is 3.73. The Kier molecular flexibility index (Phi) is 6.13. The number of nitrogens with one attached hydrogen (secondary N) is 1. The maximum atomic E-state index is 10.7. The molecule has 8 nitrogen and oxygen atoms in total. The fourth-order valence-electron chi connectivity index (χ4n) is 2.43. The fraction of sp³-hybridized carbons (Fsp3) is 0.400. The van der Waals surface area contributed by atoms with Crippen molar-refractivity contribution < 1.29 is 14.1 Å². The van der Waals surface area contributed by atoms with Crippen molar-refractivity contribution in [3.63, 3.8) is 0 Å². The normalized spacial score (nSPS) is 18.0. The van der Waals surface area contributed by atoms with E-state index >= 15 is 0 Å². The highest BCUT2D eigenvalue weighted by Crippen LogP contribution is 2.24. The van der Waals surface area contributed by atoms with Crippen LogP contribution in [-0.2, 0) is 4.79 Å². The van der Waals surface area contributed by atoms with Crippen LogP contribution >= 0.6 is 12.4 Å². The van der Waals surface area contributed by atoms with Crippen molar-refractivity contribution in [2.45, 2.75) is 6.04 Å². The zero-order valence-electron chi connectivity index (χ0n) is 13.3. The van der Waals surface area contributed by atoms with Crippen LogP contribution < -0.4 is 15.8 Å².